The molecule has 2 amide bonds. The number of imide groups is 1. The normalized spacial score (nSPS) is 15.5. The minimum absolute atomic E-state index is 0.111. The molecule has 9 heteroatoms. The molecule has 0 aromatic heterocycles. The molecule has 0 saturated carbocycles. The maximum atomic E-state index is 13.5. The van der Waals surface area contributed by atoms with Crippen LogP contribution < -0.4 is 4.90 Å². The van der Waals surface area contributed by atoms with Gasteiger partial charge >= 0.3 is 12.3 Å². The van der Waals surface area contributed by atoms with E-state index in [9.17, 15) is 22.8 Å². The van der Waals surface area contributed by atoms with E-state index in [2.05, 4.69) is 0 Å². The maximum Gasteiger partial charge on any atom is 0.422 e. The van der Waals surface area contributed by atoms with Crippen molar-refractivity contribution < 1.29 is 27.5 Å². The summed E-state index contributed by atoms with van der Waals surface area (Å²) in [4.78, 5) is 26.4. The van der Waals surface area contributed by atoms with Gasteiger partial charge in [-0.15, -0.1) is 0 Å². The average Bonchev–Trinajstić information content (AvgIpc) is 2.83. The predicted octanol–water partition coefficient (Wildman–Crippen LogP) is 6.83. The van der Waals surface area contributed by atoms with E-state index in [1.165, 1.54) is 30.3 Å². The van der Waals surface area contributed by atoms with E-state index in [0.717, 1.165) is 17.0 Å². The predicted molar refractivity (Wildman–Crippen MR) is 109 cm³/mol. The summed E-state index contributed by atoms with van der Waals surface area (Å²) >= 11 is 11.8. The highest BCUT2D eigenvalue weighted by Crippen LogP contribution is 2.43. The SMILES string of the molecule is CC(C)(C)OC(=O)N1C(=O)C(=Cc2cccc(Cl)c2C(F)(F)F)c2ccc(Cl)cc21. The van der Waals surface area contributed by atoms with E-state index in [1.54, 1.807) is 20.8 Å². The number of carbonyl (C=O) groups is 2. The molecule has 4 nitrogen and oxygen atoms in total. The summed E-state index contributed by atoms with van der Waals surface area (Å²) in [6.07, 6.45) is -4.63. The minimum atomic E-state index is -4.74. The first-order valence-electron chi connectivity index (χ1n) is 8.74. The van der Waals surface area contributed by atoms with Gasteiger partial charge in [0.05, 0.1) is 21.8 Å². The van der Waals surface area contributed by atoms with E-state index in [-0.39, 0.29) is 27.4 Å². The molecule has 0 bridgehead atoms. The highest BCUT2D eigenvalue weighted by atomic mass is 35.5. The molecule has 2 aromatic rings. The lowest BCUT2D eigenvalue weighted by atomic mass is 10.0. The Hall–Kier alpha value is -2.51. The van der Waals surface area contributed by atoms with Gasteiger partial charge in [-0.25, -0.2) is 9.69 Å². The number of nitrogens with zero attached hydrogens (tertiary/aromatic N) is 1. The lowest BCUT2D eigenvalue weighted by Gasteiger charge is -2.23. The van der Waals surface area contributed by atoms with Crippen molar-refractivity contribution in [3.8, 4) is 0 Å². The first-order chi connectivity index (χ1) is 13.8. The molecule has 0 unspecified atom stereocenters. The third-order valence-corrected chi connectivity index (χ3v) is 4.68. The molecule has 0 aliphatic carbocycles. The molecule has 0 fully saturated rings. The van der Waals surface area contributed by atoms with Gasteiger partial charge in [0, 0.05) is 10.6 Å². The standard InChI is InChI=1S/C21H16Cl2F3NO3/c1-20(2,3)30-19(29)27-16-10-12(22)7-8-13(16)14(18(27)28)9-11-5-4-6-15(23)17(11)21(24,25)26/h4-10H,1-3H3. The Kier molecular flexibility index (Phi) is 5.64. The Labute approximate surface area is 180 Å². The van der Waals surface area contributed by atoms with Crippen LogP contribution in [0.25, 0.3) is 11.6 Å². The summed E-state index contributed by atoms with van der Waals surface area (Å²) in [5.74, 6) is -0.824. The van der Waals surface area contributed by atoms with Gasteiger partial charge < -0.3 is 4.74 Å². The Balaban J connectivity index is 2.18. The number of ether oxygens (including phenoxy) is 1. The van der Waals surface area contributed by atoms with Crippen LogP contribution in [0, 0.1) is 0 Å². The van der Waals surface area contributed by atoms with Crippen molar-refractivity contribution in [1.29, 1.82) is 0 Å². The van der Waals surface area contributed by atoms with Crippen LogP contribution in [0.4, 0.5) is 23.7 Å². The molecule has 0 atom stereocenters. The van der Waals surface area contributed by atoms with Gasteiger partial charge in [-0.3, -0.25) is 4.79 Å². The van der Waals surface area contributed by atoms with Crippen LogP contribution in [0.5, 0.6) is 0 Å². The summed E-state index contributed by atoms with van der Waals surface area (Å²) in [6.45, 7) is 4.88. The molecule has 3 rings (SSSR count). The van der Waals surface area contributed by atoms with Crippen LogP contribution in [-0.4, -0.2) is 17.6 Å². The minimum Gasteiger partial charge on any atom is -0.443 e. The van der Waals surface area contributed by atoms with Crippen molar-refractivity contribution in [2.45, 2.75) is 32.5 Å². The Bertz CT molecular complexity index is 1070. The van der Waals surface area contributed by atoms with Crippen molar-refractivity contribution in [3.05, 3.63) is 63.1 Å². The van der Waals surface area contributed by atoms with Crippen LogP contribution in [-0.2, 0) is 15.7 Å². The summed E-state index contributed by atoms with van der Waals surface area (Å²) in [5.41, 5.74) is -1.99. The summed E-state index contributed by atoms with van der Waals surface area (Å²) in [7, 11) is 0. The van der Waals surface area contributed by atoms with Gasteiger partial charge in [0.1, 0.15) is 5.60 Å². The van der Waals surface area contributed by atoms with Gasteiger partial charge in [0.2, 0.25) is 0 Å². The third kappa shape index (κ3) is 4.32. The van der Waals surface area contributed by atoms with E-state index < -0.39 is 34.4 Å². The largest absolute Gasteiger partial charge is 0.443 e. The Morgan fingerprint density at radius 3 is 2.37 bits per heavy atom. The Morgan fingerprint density at radius 2 is 1.77 bits per heavy atom. The number of rotatable bonds is 1. The zero-order valence-corrected chi connectivity index (χ0v) is 17.6. The monoisotopic (exact) mass is 457 g/mol. The number of halogens is 5. The first kappa shape index (κ1) is 22.2. The molecule has 1 aliphatic rings. The number of anilines is 1. The second kappa shape index (κ2) is 7.63. The topological polar surface area (TPSA) is 46.6 Å². The molecule has 1 heterocycles. The smallest absolute Gasteiger partial charge is 0.422 e. The molecular formula is C21H16Cl2F3NO3. The zero-order chi connectivity index (χ0) is 22.4. The molecule has 0 saturated heterocycles. The van der Waals surface area contributed by atoms with E-state index in [0.29, 0.717) is 0 Å². The number of fused-ring (bicyclic) bond motifs is 1. The van der Waals surface area contributed by atoms with Crippen molar-refractivity contribution in [3.63, 3.8) is 0 Å². The number of benzene rings is 2. The molecule has 0 radical (unpaired) electrons. The molecule has 2 aromatic carbocycles. The fraction of sp³-hybridized carbons (Fsp3) is 0.238. The number of hydrogen-bond donors (Lipinski definition) is 0. The van der Waals surface area contributed by atoms with Crippen molar-refractivity contribution in [2.24, 2.45) is 0 Å². The van der Waals surface area contributed by atoms with Crippen molar-refractivity contribution >= 4 is 52.5 Å². The summed E-state index contributed by atoms with van der Waals surface area (Å²) in [5, 5.41) is -0.252. The van der Waals surface area contributed by atoms with Crippen molar-refractivity contribution in [2.75, 3.05) is 4.90 Å². The molecular weight excluding hydrogens is 442 g/mol. The maximum absolute atomic E-state index is 13.5. The van der Waals surface area contributed by atoms with Crippen molar-refractivity contribution in [1.82, 2.24) is 0 Å². The molecule has 1 aliphatic heterocycles. The van der Waals surface area contributed by atoms with Gasteiger partial charge in [-0.2, -0.15) is 13.2 Å². The van der Waals surface area contributed by atoms with Crippen LogP contribution in [0.3, 0.4) is 0 Å². The first-order valence-corrected chi connectivity index (χ1v) is 9.50. The molecule has 0 N–H and O–H groups in total. The van der Waals surface area contributed by atoms with E-state index >= 15 is 0 Å². The second-order valence-electron chi connectivity index (χ2n) is 7.54. The van der Waals surface area contributed by atoms with Gasteiger partial charge in [-0.1, -0.05) is 41.4 Å². The lowest BCUT2D eigenvalue weighted by molar-refractivity contribution is -0.137. The summed E-state index contributed by atoms with van der Waals surface area (Å²) in [6, 6.07) is 7.97. The number of alkyl halides is 3. The van der Waals surface area contributed by atoms with Crippen LogP contribution >= 0.6 is 23.2 Å². The number of hydrogen-bond acceptors (Lipinski definition) is 3. The van der Waals surface area contributed by atoms with E-state index in [4.69, 9.17) is 27.9 Å². The fourth-order valence-electron chi connectivity index (χ4n) is 3.01. The average molecular weight is 458 g/mol. The van der Waals surface area contributed by atoms with Gasteiger partial charge in [0.25, 0.3) is 5.91 Å². The number of carbonyl (C=O) groups excluding carboxylic acids is 2. The van der Waals surface area contributed by atoms with Crippen LogP contribution in [0.1, 0.15) is 37.5 Å². The van der Waals surface area contributed by atoms with Crippen LogP contribution in [0.2, 0.25) is 10.0 Å². The quantitative estimate of drug-likeness (QED) is 0.440. The van der Waals surface area contributed by atoms with Gasteiger partial charge in [-0.05, 0) is 50.6 Å². The third-order valence-electron chi connectivity index (χ3n) is 4.13. The fourth-order valence-corrected chi connectivity index (χ4v) is 3.46. The molecule has 158 valence electrons. The second-order valence-corrected chi connectivity index (χ2v) is 8.39. The highest BCUT2D eigenvalue weighted by molar-refractivity contribution is 6.42. The summed E-state index contributed by atoms with van der Waals surface area (Å²) < 4.78 is 45.8. The zero-order valence-electron chi connectivity index (χ0n) is 16.1. The lowest BCUT2D eigenvalue weighted by Crippen LogP contribution is -2.38. The number of amides is 2. The van der Waals surface area contributed by atoms with Gasteiger partial charge in [0.15, 0.2) is 0 Å². The Morgan fingerprint density at radius 1 is 1.10 bits per heavy atom. The molecule has 30 heavy (non-hydrogen) atoms. The molecule has 0 spiro atoms. The highest BCUT2D eigenvalue weighted by Gasteiger charge is 2.40. The van der Waals surface area contributed by atoms with Crippen LogP contribution in [0.15, 0.2) is 36.4 Å². The van der Waals surface area contributed by atoms with E-state index in [1.807, 2.05) is 0 Å².